The second kappa shape index (κ2) is 3.15. The number of aryl methyl sites for hydroxylation is 1. The molecule has 1 aromatic carbocycles. The molecule has 0 N–H and O–H groups in total. The van der Waals surface area contributed by atoms with E-state index in [1.165, 1.54) is 11.1 Å². The Kier molecular flexibility index (Phi) is 2.12. The molecule has 0 aliphatic carbocycles. The van der Waals surface area contributed by atoms with Crippen molar-refractivity contribution < 1.29 is 4.74 Å². The van der Waals surface area contributed by atoms with Crippen molar-refractivity contribution in [1.29, 1.82) is 0 Å². The predicted molar refractivity (Wildman–Crippen MR) is 53.6 cm³/mol. The second-order valence-electron chi connectivity index (χ2n) is 4.18. The molecule has 2 rings (SSSR count). The summed E-state index contributed by atoms with van der Waals surface area (Å²) in [6.07, 6.45) is 0.809. The lowest BCUT2D eigenvalue weighted by Crippen LogP contribution is -1.98. The summed E-state index contributed by atoms with van der Waals surface area (Å²) in [5, 5.41) is 0. The summed E-state index contributed by atoms with van der Waals surface area (Å²) in [5.41, 5.74) is 2.63. The van der Waals surface area contributed by atoms with Gasteiger partial charge < -0.3 is 4.74 Å². The van der Waals surface area contributed by atoms with Gasteiger partial charge in [-0.3, -0.25) is 0 Å². The number of rotatable bonds is 2. The van der Waals surface area contributed by atoms with Gasteiger partial charge in [-0.2, -0.15) is 0 Å². The van der Waals surface area contributed by atoms with E-state index in [1.807, 2.05) is 0 Å². The molecule has 70 valence electrons. The topological polar surface area (TPSA) is 12.5 Å². The van der Waals surface area contributed by atoms with Crippen LogP contribution in [-0.2, 0) is 4.74 Å². The number of benzene rings is 1. The van der Waals surface area contributed by atoms with Crippen molar-refractivity contribution in [1.82, 2.24) is 0 Å². The lowest BCUT2D eigenvalue weighted by molar-refractivity contribution is 0.336. The van der Waals surface area contributed by atoms with Gasteiger partial charge in [0.05, 0.1) is 6.10 Å². The van der Waals surface area contributed by atoms with Gasteiger partial charge in [0.25, 0.3) is 0 Å². The molecule has 0 aromatic heterocycles. The average molecular weight is 176 g/mol. The van der Waals surface area contributed by atoms with Crippen molar-refractivity contribution in [3.63, 3.8) is 0 Å². The first-order valence-electron chi connectivity index (χ1n) is 4.90. The van der Waals surface area contributed by atoms with Gasteiger partial charge >= 0.3 is 0 Å². The average Bonchev–Trinajstić information content (AvgIpc) is 2.85. The van der Waals surface area contributed by atoms with Crippen LogP contribution in [-0.4, -0.2) is 6.10 Å². The van der Waals surface area contributed by atoms with E-state index in [4.69, 9.17) is 4.74 Å². The number of hydrogen-bond acceptors (Lipinski definition) is 1. The minimum atomic E-state index is 0.362. The highest BCUT2D eigenvalue weighted by atomic mass is 16.6. The van der Waals surface area contributed by atoms with Crippen LogP contribution in [0, 0.1) is 12.8 Å². The molecule has 0 spiro atoms. The van der Waals surface area contributed by atoms with E-state index in [9.17, 15) is 0 Å². The molecule has 1 aliphatic rings. The van der Waals surface area contributed by atoms with Crippen molar-refractivity contribution in [3.05, 3.63) is 35.4 Å². The molecule has 1 aliphatic heterocycles. The van der Waals surface area contributed by atoms with Crippen LogP contribution in [0.5, 0.6) is 0 Å². The molecule has 1 heterocycles. The largest absolute Gasteiger partial charge is 0.364 e. The van der Waals surface area contributed by atoms with E-state index in [0.29, 0.717) is 18.1 Å². The van der Waals surface area contributed by atoms with Gasteiger partial charge in [-0.15, -0.1) is 0 Å². The van der Waals surface area contributed by atoms with E-state index >= 15 is 0 Å². The summed E-state index contributed by atoms with van der Waals surface area (Å²) in [6, 6.07) is 8.63. The Morgan fingerprint density at radius 1 is 1.15 bits per heavy atom. The van der Waals surface area contributed by atoms with E-state index in [1.54, 1.807) is 0 Å². The van der Waals surface area contributed by atoms with Gasteiger partial charge in [0.1, 0.15) is 6.10 Å². The minimum absolute atomic E-state index is 0.362. The Labute approximate surface area is 79.7 Å². The molecular weight excluding hydrogens is 160 g/mol. The molecule has 0 radical (unpaired) electrons. The molecule has 0 amide bonds. The van der Waals surface area contributed by atoms with Crippen LogP contribution >= 0.6 is 0 Å². The lowest BCUT2D eigenvalue weighted by atomic mass is 10.0. The molecule has 0 bridgehead atoms. The van der Waals surface area contributed by atoms with Crippen LogP contribution < -0.4 is 0 Å². The maximum Gasteiger partial charge on any atom is 0.109 e. The summed E-state index contributed by atoms with van der Waals surface area (Å²) in [5.74, 6) is 0.631. The summed E-state index contributed by atoms with van der Waals surface area (Å²) >= 11 is 0. The smallest absolute Gasteiger partial charge is 0.109 e. The second-order valence-corrected chi connectivity index (χ2v) is 4.18. The zero-order chi connectivity index (χ0) is 9.42. The van der Waals surface area contributed by atoms with Gasteiger partial charge in [-0.1, -0.05) is 43.7 Å². The third-order valence-electron chi connectivity index (χ3n) is 2.59. The van der Waals surface area contributed by atoms with E-state index < -0.39 is 0 Å². The Morgan fingerprint density at radius 2 is 1.77 bits per heavy atom. The summed E-state index contributed by atoms with van der Waals surface area (Å²) in [4.78, 5) is 0. The molecule has 2 unspecified atom stereocenters. The van der Waals surface area contributed by atoms with Gasteiger partial charge in [0, 0.05) is 0 Å². The van der Waals surface area contributed by atoms with Crippen molar-refractivity contribution >= 4 is 0 Å². The maximum atomic E-state index is 5.60. The molecule has 1 nitrogen and oxygen atoms in total. The third kappa shape index (κ3) is 1.75. The normalized spacial score (nSPS) is 26.5. The van der Waals surface area contributed by atoms with Gasteiger partial charge in [-0.25, -0.2) is 0 Å². The molecule has 1 saturated heterocycles. The molecular formula is C12H16O. The standard InChI is InChI=1S/C12H16O/c1-8(2)11-12(13-11)10-6-4-9(3)5-7-10/h4-8,11-12H,1-3H3. The molecule has 1 aromatic rings. The summed E-state index contributed by atoms with van der Waals surface area (Å²) in [7, 11) is 0. The quantitative estimate of drug-likeness (QED) is 0.631. The zero-order valence-corrected chi connectivity index (χ0v) is 8.45. The molecule has 2 atom stereocenters. The fraction of sp³-hybridized carbons (Fsp3) is 0.500. The van der Waals surface area contributed by atoms with Crippen molar-refractivity contribution in [3.8, 4) is 0 Å². The fourth-order valence-corrected chi connectivity index (χ4v) is 1.66. The maximum absolute atomic E-state index is 5.60. The first-order valence-corrected chi connectivity index (χ1v) is 4.90. The van der Waals surface area contributed by atoms with Gasteiger partial charge in [-0.05, 0) is 18.4 Å². The lowest BCUT2D eigenvalue weighted by Gasteiger charge is -1.99. The number of ether oxygens (including phenoxy) is 1. The van der Waals surface area contributed by atoms with E-state index in [-0.39, 0.29) is 0 Å². The first kappa shape index (κ1) is 8.76. The number of epoxide rings is 1. The SMILES string of the molecule is Cc1ccc(C2OC2C(C)C)cc1. The molecule has 13 heavy (non-hydrogen) atoms. The van der Waals surface area contributed by atoms with Crippen LogP contribution in [0.15, 0.2) is 24.3 Å². The summed E-state index contributed by atoms with van der Waals surface area (Å²) in [6.45, 7) is 6.52. The van der Waals surface area contributed by atoms with Crippen LogP contribution in [0.2, 0.25) is 0 Å². The van der Waals surface area contributed by atoms with Crippen molar-refractivity contribution in [2.75, 3.05) is 0 Å². The molecule has 1 heteroatoms. The summed E-state index contributed by atoms with van der Waals surface area (Å²) < 4.78 is 5.60. The fourth-order valence-electron chi connectivity index (χ4n) is 1.66. The Hall–Kier alpha value is -0.820. The minimum Gasteiger partial charge on any atom is -0.364 e. The highest BCUT2D eigenvalue weighted by Gasteiger charge is 2.41. The van der Waals surface area contributed by atoms with E-state index in [0.717, 1.165) is 0 Å². The Morgan fingerprint density at radius 3 is 2.23 bits per heavy atom. The molecule has 1 fully saturated rings. The van der Waals surface area contributed by atoms with E-state index in [2.05, 4.69) is 45.0 Å². The van der Waals surface area contributed by atoms with Crippen LogP contribution in [0.3, 0.4) is 0 Å². The van der Waals surface area contributed by atoms with Crippen LogP contribution in [0.25, 0.3) is 0 Å². The van der Waals surface area contributed by atoms with Crippen LogP contribution in [0.4, 0.5) is 0 Å². The highest BCUT2D eigenvalue weighted by molar-refractivity contribution is 5.26. The Bertz CT molecular complexity index is 286. The zero-order valence-electron chi connectivity index (χ0n) is 8.45. The monoisotopic (exact) mass is 176 g/mol. The van der Waals surface area contributed by atoms with Gasteiger partial charge in [0.15, 0.2) is 0 Å². The highest BCUT2D eigenvalue weighted by Crippen LogP contribution is 2.42. The van der Waals surface area contributed by atoms with Crippen LogP contribution in [0.1, 0.15) is 31.1 Å². The first-order chi connectivity index (χ1) is 6.18. The van der Waals surface area contributed by atoms with Crippen molar-refractivity contribution in [2.45, 2.75) is 33.0 Å². The van der Waals surface area contributed by atoms with Gasteiger partial charge in [0.2, 0.25) is 0 Å². The third-order valence-corrected chi connectivity index (χ3v) is 2.59. The Balaban J connectivity index is 2.08. The molecule has 0 saturated carbocycles. The van der Waals surface area contributed by atoms with Crippen molar-refractivity contribution in [2.24, 2.45) is 5.92 Å². The predicted octanol–water partition coefficient (Wildman–Crippen LogP) is 3.09. The number of hydrogen-bond donors (Lipinski definition) is 0.